The molecule has 0 aromatic heterocycles. The van der Waals surface area contributed by atoms with Gasteiger partial charge in [-0.2, -0.15) is 0 Å². The van der Waals surface area contributed by atoms with Gasteiger partial charge in [0, 0.05) is 18.5 Å². The van der Waals surface area contributed by atoms with Crippen LogP contribution in [0.2, 0.25) is 0 Å². The van der Waals surface area contributed by atoms with Crippen molar-refractivity contribution in [2.75, 3.05) is 20.1 Å². The van der Waals surface area contributed by atoms with Gasteiger partial charge in [0.1, 0.15) is 0 Å². The maximum absolute atomic E-state index is 12.5. The van der Waals surface area contributed by atoms with Gasteiger partial charge in [0.2, 0.25) is 5.91 Å². The summed E-state index contributed by atoms with van der Waals surface area (Å²) in [7, 11) is 2.14. The molecule has 0 radical (unpaired) electrons. The van der Waals surface area contributed by atoms with E-state index in [-0.39, 0.29) is 16.9 Å². The number of carbonyl (C=O) groups is 1. The fourth-order valence-corrected chi connectivity index (χ4v) is 2.65. The Morgan fingerprint density at radius 3 is 2.20 bits per heavy atom. The van der Waals surface area contributed by atoms with E-state index in [2.05, 4.69) is 41.5 Å². The molecule has 0 atom stereocenters. The summed E-state index contributed by atoms with van der Waals surface area (Å²) in [5.41, 5.74) is 0.661. The van der Waals surface area contributed by atoms with Gasteiger partial charge in [-0.05, 0) is 25.5 Å². The Labute approximate surface area is 122 Å². The van der Waals surface area contributed by atoms with E-state index in [9.17, 15) is 4.79 Å². The summed E-state index contributed by atoms with van der Waals surface area (Å²) in [4.78, 5) is 14.8. The molecule has 1 heterocycles. The number of carbonyl (C=O) groups excluding carboxylic acids is 1. The smallest absolute Gasteiger partial charge is 0.226 e. The predicted octanol–water partition coefficient (Wildman–Crippen LogP) is 2.77. The summed E-state index contributed by atoms with van der Waals surface area (Å²) in [5, 5.41) is 3.34. The summed E-state index contributed by atoms with van der Waals surface area (Å²) in [6.45, 7) is 7.93. The molecule has 0 aliphatic carbocycles. The number of benzene rings is 1. The SMILES string of the molecule is CN1CCC(NC(=O)C(C)(C)C)(c2ccccc2)CC1. The Morgan fingerprint density at radius 1 is 1.15 bits per heavy atom. The second-order valence-corrected chi connectivity index (χ2v) is 6.96. The Bertz CT molecular complexity index is 454. The van der Waals surface area contributed by atoms with Gasteiger partial charge in [-0.3, -0.25) is 4.79 Å². The first-order valence-corrected chi connectivity index (χ1v) is 7.40. The van der Waals surface area contributed by atoms with Gasteiger partial charge in [0.25, 0.3) is 0 Å². The zero-order valence-corrected chi connectivity index (χ0v) is 13.1. The molecule has 2 rings (SSSR count). The van der Waals surface area contributed by atoms with Crippen LogP contribution in [0.4, 0.5) is 0 Å². The molecule has 1 fully saturated rings. The third-order valence-corrected chi connectivity index (χ3v) is 4.20. The fourth-order valence-electron chi connectivity index (χ4n) is 2.65. The molecule has 1 amide bonds. The van der Waals surface area contributed by atoms with Gasteiger partial charge in [-0.1, -0.05) is 51.1 Å². The maximum Gasteiger partial charge on any atom is 0.226 e. The van der Waals surface area contributed by atoms with Crippen LogP contribution in [0.3, 0.4) is 0 Å². The number of rotatable bonds is 2. The lowest BCUT2D eigenvalue weighted by Crippen LogP contribution is -2.54. The normalized spacial score (nSPS) is 19.6. The van der Waals surface area contributed by atoms with E-state index < -0.39 is 0 Å². The van der Waals surface area contributed by atoms with Gasteiger partial charge < -0.3 is 10.2 Å². The first-order valence-electron chi connectivity index (χ1n) is 7.40. The molecule has 1 aromatic carbocycles. The van der Waals surface area contributed by atoms with Crippen LogP contribution in [-0.2, 0) is 10.3 Å². The number of nitrogens with one attached hydrogen (secondary N) is 1. The monoisotopic (exact) mass is 274 g/mol. The van der Waals surface area contributed by atoms with Gasteiger partial charge in [-0.25, -0.2) is 0 Å². The predicted molar refractivity (Wildman–Crippen MR) is 82.4 cm³/mol. The molecular formula is C17H26N2O. The molecule has 0 bridgehead atoms. The van der Waals surface area contributed by atoms with Crippen molar-refractivity contribution in [3.05, 3.63) is 35.9 Å². The Kier molecular flexibility index (Phi) is 4.19. The van der Waals surface area contributed by atoms with Crippen molar-refractivity contribution in [3.8, 4) is 0 Å². The minimum atomic E-state index is -0.356. The molecule has 1 saturated heterocycles. The van der Waals surface area contributed by atoms with Crippen LogP contribution in [0.15, 0.2) is 30.3 Å². The lowest BCUT2D eigenvalue weighted by molar-refractivity contribution is -0.131. The molecule has 1 aliphatic rings. The van der Waals surface area contributed by atoms with Gasteiger partial charge >= 0.3 is 0 Å². The van der Waals surface area contributed by atoms with Crippen LogP contribution in [0.5, 0.6) is 0 Å². The summed E-state index contributed by atoms with van der Waals surface area (Å²) in [6.07, 6.45) is 1.94. The topological polar surface area (TPSA) is 32.3 Å². The number of nitrogens with zero attached hydrogens (tertiary/aromatic N) is 1. The Balaban J connectivity index is 2.28. The molecule has 0 saturated carbocycles. The van der Waals surface area contributed by atoms with Crippen LogP contribution in [-0.4, -0.2) is 30.9 Å². The lowest BCUT2D eigenvalue weighted by Gasteiger charge is -2.43. The van der Waals surface area contributed by atoms with E-state index in [4.69, 9.17) is 0 Å². The van der Waals surface area contributed by atoms with E-state index in [1.54, 1.807) is 0 Å². The van der Waals surface area contributed by atoms with Gasteiger partial charge in [0.15, 0.2) is 0 Å². The van der Waals surface area contributed by atoms with Crippen molar-refractivity contribution in [2.45, 2.75) is 39.2 Å². The number of likely N-dealkylation sites (tertiary alicyclic amines) is 1. The molecule has 20 heavy (non-hydrogen) atoms. The Hall–Kier alpha value is -1.35. The summed E-state index contributed by atoms with van der Waals surface area (Å²) in [5.74, 6) is 0.130. The van der Waals surface area contributed by atoms with Crippen LogP contribution in [0.1, 0.15) is 39.2 Å². The number of piperidine rings is 1. The van der Waals surface area contributed by atoms with E-state index in [1.165, 1.54) is 5.56 Å². The quantitative estimate of drug-likeness (QED) is 0.899. The summed E-state index contributed by atoms with van der Waals surface area (Å²) < 4.78 is 0. The van der Waals surface area contributed by atoms with Crippen molar-refractivity contribution >= 4 is 5.91 Å². The van der Waals surface area contributed by atoms with Crippen molar-refractivity contribution in [1.82, 2.24) is 10.2 Å². The summed E-state index contributed by atoms with van der Waals surface area (Å²) >= 11 is 0. The highest BCUT2D eigenvalue weighted by molar-refractivity contribution is 5.82. The molecule has 0 unspecified atom stereocenters. The summed E-state index contributed by atoms with van der Waals surface area (Å²) in [6, 6.07) is 10.4. The molecule has 3 nitrogen and oxygen atoms in total. The largest absolute Gasteiger partial charge is 0.346 e. The third kappa shape index (κ3) is 3.21. The average molecular weight is 274 g/mol. The standard InChI is InChI=1S/C17H26N2O/c1-16(2,3)15(20)18-17(10-12-19(4)13-11-17)14-8-6-5-7-9-14/h5-9H,10-13H2,1-4H3,(H,18,20). The van der Waals surface area contributed by atoms with E-state index >= 15 is 0 Å². The van der Waals surface area contributed by atoms with Crippen molar-refractivity contribution in [1.29, 1.82) is 0 Å². The fraction of sp³-hybridized carbons (Fsp3) is 0.588. The molecular weight excluding hydrogens is 248 g/mol. The van der Waals surface area contributed by atoms with Crippen molar-refractivity contribution < 1.29 is 4.79 Å². The molecule has 110 valence electrons. The number of hydrogen-bond donors (Lipinski definition) is 1. The van der Waals surface area contributed by atoms with Crippen LogP contribution < -0.4 is 5.32 Å². The lowest BCUT2D eigenvalue weighted by atomic mass is 9.79. The van der Waals surface area contributed by atoms with E-state index in [0.717, 1.165) is 25.9 Å². The number of amides is 1. The zero-order chi connectivity index (χ0) is 14.8. The van der Waals surface area contributed by atoms with Crippen LogP contribution in [0.25, 0.3) is 0 Å². The van der Waals surface area contributed by atoms with Crippen LogP contribution >= 0.6 is 0 Å². The molecule has 0 spiro atoms. The average Bonchev–Trinajstić information content (AvgIpc) is 2.41. The van der Waals surface area contributed by atoms with Crippen molar-refractivity contribution in [3.63, 3.8) is 0 Å². The second kappa shape index (κ2) is 5.57. The molecule has 1 aliphatic heterocycles. The second-order valence-electron chi connectivity index (χ2n) is 6.96. The zero-order valence-electron chi connectivity index (χ0n) is 13.1. The van der Waals surface area contributed by atoms with E-state index in [0.29, 0.717) is 0 Å². The highest BCUT2D eigenvalue weighted by atomic mass is 16.2. The molecule has 3 heteroatoms. The first kappa shape index (κ1) is 15.0. The molecule has 1 N–H and O–H groups in total. The van der Waals surface area contributed by atoms with Crippen molar-refractivity contribution in [2.24, 2.45) is 5.41 Å². The minimum Gasteiger partial charge on any atom is -0.346 e. The van der Waals surface area contributed by atoms with Crippen LogP contribution in [0, 0.1) is 5.41 Å². The third-order valence-electron chi connectivity index (χ3n) is 4.20. The van der Waals surface area contributed by atoms with Gasteiger partial charge in [0.05, 0.1) is 5.54 Å². The highest BCUT2D eigenvalue weighted by Gasteiger charge is 2.38. The van der Waals surface area contributed by atoms with Gasteiger partial charge in [-0.15, -0.1) is 0 Å². The minimum absolute atomic E-state index is 0.130. The maximum atomic E-state index is 12.5. The number of hydrogen-bond acceptors (Lipinski definition) is 2. The first-order chi connectivity index (χ1) is 9.33. The molecule has 1 aromatic rings. The highest BCUT2D eigenvalue weighted by Crippen LogP contribution is 2.33. The Morgan fingerprint density at radius 2 is 1.70 bits per heavy atom. The van der Waals surface area contributed by atoms with E-state index in [1.807, 2.05) is 26.8 Å².